The lowest BCUT2D eigenvalue weighted by Crippen LogP contribution is -1.91. The van der Waals surface area contributed by atoms with E-state index in [2.05, 4.69) is 36.9 Å². The Labute approximate surface area is 60.9 Å². The van der Waals surface area contributed by atoms with Crippen LogP contribution in [0.3, 0.4) is 0 Å². The zero-order valence-corrected chi connectivity index (χ0v) is 8.02. The van der Waals surface area contributed by atoms with Crippen molar-refractivity contribution < 1.29 is 0 Å². The molecule has 9 heavy (non-hydrogen) atoms. The van der Waals surface area contributed by atoms with E-state index >= 15 is 0 Å². The fraction of sp³-hybridized carbons (Fsp3) is 0.750. The fourth-order valence-electron chi connectivity index (χ4n) is 0.713. The molecule has 0 heterocycles. The molecule has 0 spiro atoms. The Morgan fingerprint density at radius 1 is 1.44 bits per heavy atom. The molecule has 0 aliphatic heterocycles. The van der Waals surface area contributed by atoms with E-state index in [0.29, 0.717) is 0 Å². The van der Waals surface area contributed by atoms with Crippen molar-refractivity contribution in [3.63, 3.8) is 0 Å². The van der Waals surface area contributed by atoms with Gasteiger partial charge in [-0.25, -0.2) is 0 Å². The van der Waals surface area contributed by atoms with Gasteiger partial charge < -0.3 is 0 Å². The van der Waals surface area contributed by atoms with Gasteiger partial charge >= 0.3 is 0 Å². The van der Waals surface area contributed by atoms with E-state index in [0.717, 1.165) is 5.92 Å². The maximum atomic E-state index is 2.81. The number of rotatable bonds is 2. The van der Waals surface area contributed by atoms with Crippen LogP contribution in [0.5, 0.6) is 0 Å². The van der Waals surface area contributed by atoms with Crippen molar-refractivity contribution in [2.45, 2.75) is 34.1 Å². The van der Waals surface area contributed by atoms with Crippen LogP contribution in [0, 0.1) is 5.92 Å². The van der Waals surface area contributed by atoms with Crippen molar-refractivity contribution in [1.82, 2.24) is 0 Å². The first-order chi connectivity index (χ1) is 4.09. The molecule has 0 aliphatic rings. The third kappa shape index (κ3) is 3.01. The Bertz CT molecular complexity index is 110. The minimum atomic E-state index is 0.736. The summed E-state index contributed by atoms with van der Waals surface area (Å²) in [7, 11) is 2.81. The van der Waals surface area contributed by atoms with Crippen molar-refractivity contribution in [2.24, 2.45) is 5.92 Å². The van der Waals surface area contributed by atoms with Gasteiger partial charge in [0.05, 0.1) is 0 Å². The van der Waals surface area contributed by atoms with Crippen LogP contribution in [0.2, 0.25) is 0 Å². The van der Waals surface area contributed by atoms with E-state index in [4.69, 9.17) is 0 Å². The van der Waals surface area contributed by atoms with Crippen LogP contribution in [-0.2, 0) is 0 Å². The third-order valence-corrected chi connectivity index (χ3v) is 2.87. The Balaban J connectivity index is 4.02. The molecule has 0 aliphatic carbocycles. The van der Waals surface area contributed by atoms with Gasteiger partial charge in [-0.2, -0.15) is 0 Å². The summed E-state index contributed by atoms with van der Waals surface area (Å²) in [5, 5.41) is 1.47. The van der Waals surface area contributed by atoms with Gasteiger partial charge in [-0.05, 0) is 26.2 Å². The van der Waals surface area contributed by atoms with E-state index in [1.807, 2.05) is 0 Å². The average Bonchev–Trinajstić information content (AvgIpc) is 1.84. The molecule has 0 rings (SSSR count). The van der Waals surface area contributed by atoms with E-state index < -0.39 is 0 Å². The van der Waals surface area contributed by atoms with Gasteiger partial charge in [0, 0.05) is 0 Å². The van der Waals surface area contributed by atoms with Gasteiger partial charge in [0.25, 0.3) is 0 Å². The second-order valence-electron chi connectivity index (χ2n) is 2.76. The van der Waals surface area contributed by atoms with Crippen molar-refractivity contribution in [2.75, 3.05) is 0 Å². The van der Waals surface area contributed by atoms with Gasteiger partial charge in [-0.15, -0.1) is 9.24 Å². The Morgan fingerprint density at radius 2 is 1.89 bits per heavy atom. The lowest BCUT2D eigenvalue weighted by atomic mass is 10.1. The molecule has 2 atom stereocenters. The zero-order chi connectivity index (χ0) is 7.44. The summed E-state index contributed by atoms with van der Waals surface area (Å²) < 4.78 is 0. The van der Waals surface area contributed by atoms with E-state index in [1.165, 1.54) is 17.3 Å². The molecule has 0 amide bonds. The molecule has 0 saturated heterocycles. The molecule has 0 bridgehead atoms. The first-order valence-corrected chi connectivity index (χ1v) is 4.10. The van der Waals surface area contributed by atoms with Crippen molar-refractivity contribution in [3.8, 4) is 0 Å². The molecule has 0 N–H and O–H groups in total. The minimum Gasteiger partial charge on any atom is -0.110 e. The maximum absolute atomic E-state index is 2.81. The second kappa shape index (κ2) is 4.06. The lowest BCUT2D eigenvalue weighted by Gasteiger charge is -2.09. The first kappa shape index (κ1) is 9.17. The fourth-order valence-corrected chi connectivity index (χ4v) is 0.948. The first-order valence-electron chi connectivity index (χ1n) is 3.52. The molecule has 0 aromatic heterocycles. The second-order valence-corrected chi connectivity index (χ2v) is 3.39. The highest BCUT2D eigenvalue weighted by molar-refractivity contribution is 7.22. The Kier molecular flexibility index (Phi) is 4.14. The monoisotopic (exact) mass is 144 g/mol. The van der Waals surface area contributed by atoms with Crippen LogP contribution in [0.15, 0.2) is 10.9 Å². The van der Waals surface area contributed by atoms with Crippen LogP contribution < -0.4 is 0 Å². The SMILES string of the molecule is CCC(C)C(P)=C(C)C. The van der Waals surface area contributed by atoms with Crippen molar-refractivity contribution in [3.05, 3.63) is 10.9 Å². The van der Waals surface area contributed by atoms with Crippen LogP contribution in [0.1, 0.15) is 34.1 Å². The van der Waals surface area contributed by atoms with Crippen LogP contribution in [-0.4, -0.2) is 0 Å². The molecule has 2 unspecified atom stereocenters. The number of allylic oxidation sites excluding steroid dienone is 2. The predicted octanol–water partition coefficient (Wildman–Crippen LogP) is 3.20. The highest BCUT2D eigenvalue weighted by atomic mass is 31.0. The van der Waals surface area contributed by atoms with E-state index in [1.54, 1.807) is 0 Å². The zero-order valence-electron chi connectivity index (χ0n) is 6.86. The summed E-state index contributed by atoms with van der Waals surface area (Å²) in [5.74, 6) is 0.736. The normalized spacial score (nSPS) is 13.0. The van der Waals surface area contributed by atoms with E-state index in [-0.39, 0.29) is 0 Å². The summed E-state index contributed by atoms with van der Waals surface area (Å²) in [6.45, 7) is 8.80. The third-order valence-electron chi connectivity index (χ3n) is 1.72. The molecule has 0 nitrogen and oxygen atoms in total. The summed E-state index contributed by atoms with van der Waals surface area (Å²) in [5.41, 5.74) is 1.44. The molecule has 0 fully saturated rings. The number of hydrogen-bond donors (Lipinski definition) is 0. The molecule has 0 radical (unpaired) electrons. The molecule has 1 heteroatoms. The molecule has 0 aromatic rings. The molecular weight excluding hydrogens is 127 g/mol. The molecule has 0 saturated carbocycles. The predicted molar refractivity (Wildman–Crippen MR) is 47.5 cm³/mol. The standard InChI is InChI=1S/C8H17P/c1-5-7(4)8(9)6(2)3/h7H,5,9H2,1-4H3. The van der Waals surface area contributed by atoms with Crippen molar-refractivity contribution >= 4 is 9.24 Å². The largest absolute Gasteiger partial charge is 0.110 e. The average molecular weight is 144 g/mol. The highest BCUT2D eigenvalue weighted by Gasteiger charge is 2.00. The van der Waals surface area contributed by atoms with Crippen molar-refractivity contribution in [1.29, 1.82) is 0 Å². The van der Waals surface area contributed by atoms with Crippen LogP contribution in [0.4, 0.5) is 0 Å². The van der Waals surface area contributed by atoms with Crippen LogP contribution >= 0.6 is 9.24 Å². The van der Waals surface area contributed by atoms with Gasteiger partial charge in [0.2, 0.25) is 0 Å². The van der Waals surface area contributed by atoms with Gasteiger partial charge in [-0.3, -0.25) is 0 Å². The molecule has 0 aromatic carbocycles. The number of hydrogen-bond acceptors (Lipinski definition) is 0. The summed E-state index contributed by atoms with van der Waals surface area (Å²) in [4.78, 5) is 0. The lowest BCUT2D eigenvalue weighted by molar-refractivity contribution is 0.681. The molecular formula is C8H17P. The Morgan fingerprint density at radius 3 is 2.00 bits per heavy atom. The maximum Gasteiger partial charge on any atom is -0.0194 e. The smallest absolute Gasteiger partial charge is 0.0194 e. The summed E-state index contributed by atoms with van der Waals surface area (Å²) in [6.07, 6.45) is 1.24. The minimum absolute atomic E-state index is 0.736. The molecule has 54 valence electrons. The van der Waals surface area contributed by atoms with Gasteiger partial charge in [0.15, 0.2) is 0 Å². The Hall–Kier alpha value is 0.170. The van der Waals surface area contributed by atoms with E-state index in [9.17, 15) is 0 Å². The topological polar surface area (TPSA) is 0 Å². The van der Waals surface area contributed by atoms with Gasteiger partial charge in [-0.1, -0.05) is 24.7 Å². The van der Waals surface area contributed by atoms with Gasteiger partial charge in [0.1, 0.15) is 0 Å². The highest BCUT2D eigenvalue weighted by Crippen LogP contribution is 2.23. The summed E-state index contributed by atoms with van der Waals surface area (Å²) in [6, 6.07) is 0. The quantitative estimate of drug-likeness (QED) is 0.522. The van der Waals surface area contributed by atoms with Crippen LogP contribution in [0.25, 0.3) is 0 Å². The summed E-state index contributed by atoms with van der Waals surface area (Å²) >= 11 is 0.